The highest BCUT2D eigenvalue weighted by molar-refractivity contribution is 7.92. The molecule has 0 spiro atoms. The summed E-state index contributed by atoms with van der Waals surface area (Å²) in [4.78, 5) is 19.2. The Morgan fingerprint density at radius 1 is 0.930 bits per heavy atom. The number of ether oxygens (including phenoxy) is 1. The summed E-state index contributed by atoms with van der Waals surface area (Å²) in [6.07, 6.45) is -5.98. The van der Waals surface area contributed by atoms with Gasteiger partial charge >= 0.3 is 12.3 Å². The molecule has 3 N–H and O–H groups in total. The number of rotatable bonds is 8. The second-order valence-electron chi connectivity index (χ2n) is 10.6. The number of benzene rings is 2. The molecule has 0 bridgehead atoms. The van der Waals surface area contributed by atoms with Crippen molar-refractivity contribution >= 4 is 39.4 Å². The van der Waals surface area contributed by atoms with Crippen molar-refractivity contribution in [2.45, 2.75) is 32.0 Å². The van der Waals surface area contributed by atoms with Gasteiger partial charge < -0.3 is 9.84 Å². The van der Waals surface area contributed by atoms with E-state index in [0.29, 0.717) is 28.5 Å². The predicted molar refractivity (Wildman–Crippen MR) is 157 cm³/mol. The average molecular weight is 635 g/mol. The number of pyridine rings is 2. The maximum absolute atomic E-state index is 13.3. The van der Waals surface area contributed by atoms with E-state index in [-0.39, 0.29) is 28.3 Å². The molecule has 14 heteroatoms. The van der Waals surface area contributed by atoms with E-state index < -0.39 is 32.9 Å². The van der Waals surface area contributed by atoms with Gasteiger partial charge in [-0.1, -0.05) is 56.6 Å². The Morgan fingerprint density at radius 3 is 2.23 bits per heavy atom. The van der Waals surface area contributed by atoms with Crippen molar-refractivity contribution in [2.75, 3.05) is 16.6 Å². The largest absolute Gasteiger partial charge is 0.491 e. The molecule has 226 valence electrons. The number of carbonyl (C=O) groups is 1. The Bertz CT molecular complexity index is 1760. The summed E-state index contributed by atoms with van der Waals surface area (Å²) in [6.45, 7) is 6.33. The molecule has 43 heavy (non-hydrogen) atoms. The monoisotopic (exact) mass is 634 g/mol. The molecule has 9 nitrogen and oxygen atoms in total. The lowest BCUT2D eigenvalue weighted by Gasteiger charge is -2.20. The standard InChI is InChI=1S/C29H26ClF3N4O5S/c1-28(2,3)16-42-22-15-18(9-13-21(22)30)20-12-14-24(35-26(20)17-7-10-19(11-8-17)29(31,32)33)37-43(40,41)25-6-4-5-23(34-25)36-27(38)39/h4-15H,16H2,1-3H3,(H,34,36)(H,35,37)(H,38,39). The van der Waals surface area contributed by atoms with Gasteiger partial charge in [0.2, 0.25) is 0 Å². The lowest BCUT2D eigenvalue weighted by Crippen LogP contribution is -2.17. The second-order valence-corrected chi connectivity index (χ2v) is 12.6. The maximum Gasteiger partial charge on any atom is 0.416 e. The van der Waals surface area contributed by atoms with Crippen molar-refractivity contribution in [3.8, 4) is 28.1 Å². The fourth-order valence-corrected chi connectivity index (χ4v) is 4.94. The van der Waals surface area contributed by atoms with Gasteiger partial charge in [-0.05, 0) is 59.5 Å². The van der Waals surface area contributed by atoms with Crippen molar-refractivity contribution in [1.29, 1.82) is 0 Å². The van der Waals surface area contributed by atoms with Gasteiger partial charge in [-0.15, -0.1) is 0 Å². The van der Waals surface area contributed by atoms with Crippen LogP contribution >= 0.6 is 11.6 Å². The van der Waals surface area contributed by atoms with E-state index in [4.69, 9.17) is 21.4 Å². The van der Waals surface area contributed by atoms with Crippen LogP contribution in [0.25, 0.3) is 22.4 Å². The summed E-state index contributed by atoms with van der Waals surface area (Å²) in [5.74, 6) is 0.0183. The van der Waals surface area contributed by atoms with Crippen LogP contribution in [0.4, 0.5) is 29.6 Å². The minimum Gasteiger partial charge on any atom is -0.491 e. The number of nitrogens with zero attached hydrogens (tertiary/aromatic N) is 2. The van der Waals surface area contributed by atoms with Gasteiger partial charge in [0.1, 0.15) is 17.4 Å². The summed E-state index contributed by atoms with van der Waals surface area (Å²) >= 11 is 6.36. The molecular formula is C29H26ClF3N4O5S. The van der Waals surface area contributed by atoms with Crippen molar-refractivity contribution in [3.05, 3.63) is 83.4 Å². The topological polar surface area (TPSA) is 131 Å². The molecule has 0 aliphatic rings. The van der Waals surface area contributed by atoms with E-state index in [2.05, 4.69) is 14.7 Å². The van der Waals surface area contributed by atoms with E-state index in [9.17, 15) is 26.4 Å². The van der Waals surface area contributed by atoms with E-state index in [1.165, 1.54) is 30.3 Å². The number of nitrogens with one attached hydrogen (secondary N) is 2. The van der Waals surface area contributed by atoms with Gasteiger partial charge in [-0.2, -0.15) is 21.6 Å². The van der Waals surface area contributed by atoms with Gasteiger partial charge in [0.15, 0.2) is 5.03 Å². The Kier molecular flexibility index (Phi) is 8.88. The number of hydrogen-bond donors (Lipinski definition) is 3. The maximum atomic E-state index is 13.3. The number of carboxylic acid groups (broad SMARTS) is 1. The number of alkyl halides is 3. The molecule has 0 atom stereocenters. The summed E-state index contributed by atoms with van der Waals surface area (Å²) in [5.41, 5.74) is 0.461. The number of halogens is 4. The lowest BCUT2D eigenvalue weighted by atomic mass is 9.97. The number of sulfonamides is 1. The fraction of sp³-hybridized carbons (Fsp3) is 0.207. The molecular weight excluding hydrogens is 609 g/mol. The van der Waals surface area contributed by atoms with Gasteiger partial charge in [-0.3, -0.25) is 10.0 Å². The highest BCUT2D eigenvalue weighted by atomic mass is 35.5. The van der Waals surface area contributed by atoms with Crippen molar-refractivity contribution < 1.29 is 36.2 Å². The van der Waals surface area contributed by atoms with Gasteiger partial charge in [0, 0.05) is 11.1 Å². The van der Waals surface area contributed by atoms with E-state index in [1.807, 2.05) is 26.1 Å². The number of hydrogen-bond acceptors (Lipinski definition) is 6. The van der Waals surface area contributed by atoms with Crippen LogP contribution in [0.1, 0.15) is 26.3 Å². The second kappa shape index (κ2) is 12.1. The number of aromatic nitrogens is 2. The smallest absolute Gasteiger partial charge is 0.416 e. The molecule has 0 aliphatic heterocycles. The van der Waals surface area contributed by atoms with E-state index >= 15 is 0 Å². The number of anilines is 2. The quantitative estimate of drug-likeness (QED) is 0.180. The van der Waals surface area contributed by atoms with Gasteiger partial charge in [-0.25, -0.2) is 14.8 Å². The summed E-state index contributed by atoms with van der Waals surface area (Å²) in [7, 11) is -4.35. The van der Waals surface area contributed by atoms with E-state index in [0.717, 1.165) is 18.2 Å². The summed E-state index contributed by atoms with van der Waals surface area (Å²) in [6, 6.07) is 15.9. The molecule has 2 aromatic carbocycles. The Hall–Kier alpha value is -4.36. The van der Waals surface area contributed by atoms with Crippen molar-refractivity contribution in [1.82, 2.24) is 9.97 Å². The van der Waals surface area contributed by atoms with Crippen LogP contribution in [0, 0.1) is 5.41 Å². The molecule has 0 unspecified atom stereocenters. The molecule has 4 rings (SSSR count). The van der Waals surface area contributed by atoms with Gasteiger partial charge in [0.05, 0.1) is 22.9 Å². The molecule has 2 aromatic heterocycles. The molecule has 4 aromatic rings. The molecule has 0 radical (unpaired) electrons. The Labute approximate surface area is 250 Å². The molecule has 2 heterocycles. The predicted octanol–water partition coefficient (Wildman–Crippen LogP) is 7.80. The summed E-state index contributed by atoms with van der Waals surface area (Å²) in [5, 5.41) is 10.8. The molecule has 0 aliphatic carbocycles. The van der Waals surface area contributed by atoms with Crippen LogP contribution in [0.5, 0.6) is 5.75 Å². The Morgan fingerprint density at radius 2 is 1.60 bits per heavy atom. The first-order valence-corrected chi connectivity index (χ1v) is 14.5. The van der Waals surface area contributed by atoms with Crippen LogP contribution in [-0.4, -0.2) is 36.2 Å². The zero-order valence-corrected chi connectivity index (χ0v) is 24.6. The van der Waals surface area contributed by atoms with Gasteiger partial charge in [0.25, 0.3) is 10.0 Å². The third-order valence-corrected chi connectivity index (χ3v) is 7.32. The van der Waals surface area contributed by atoms with Crippen LogP contribution in [0.2, 0.25) is 5.02 Å². The lowest BCUT2D eigenvalue weighted by molar-refractivity contribution is -0.137. The Balaban J connectivity index is 1.78. The van der Waals surface area contributed by atoms with Crippen molar-refractivity contribution in [3.63, 3.8) is 0 Å². The molecule has 0 fully saturated rings. The average Bonchev–Trinajstić information content (AvgIpc) is 2.91. The SMILES string of the molecule is CC(C)(C)COc1cc(-c2ccc(NS(=O)(=O)c3cccc(NC(=O)O)n3)nc2-c2ccc(C(F)(F)F)cc2)ccc1Cl. The minimum absolute atomic E-state index is 0.157. The zero-order valence-electron chi connectivity index (χ0n) is 23.0. The zero-order chi connectivity index (χ0) is 31.6. The molecule has 1 amide bonds. The first-order chi connectivity index (χ1) is 20.0. The van der Waals surface area contributed by atoms with Crippen LogP contribution in [0.3, 0.4) is 0 Å². The molecule has 0 saturated carbocycles. The molecule has 0 saturated heterocycles. The van der Waals surface area contributed by atoms with Crippen LogP contribution in [0.15, 0.2) is 77.8 Å². The normalized spacial score (nSPS) is 12.1. The minimum atomic E-state index is -4.56. The van der Waals surface area contributed by atoms with E-state index in [1.54, 1.807) is 24.3 Å². The first-order valence-electron chi connectivity index (χ1n) is 12.6. The first kappa shape index (κ1) is 31.6. The summed E-state index contributed by atoms with van der Waals surface area (Å²) < 4.78 is 74.1. The number of amides is 1. The highest BCUT2D eigenvalue weighted by Crippen LogP contribution is 2.38. The third kappa shape index (κ3) is 8.14. The van der Waals surface area contributed by atoms with Crippen molar-refractivity contribution in [2.24, 2.45) is 5.41 Å². The van der Waals surface area contributed by atoms with Crippen LogP contribution in [-0.2, 0) is 16.2 Å². The van der Waals surface area contributed by atoms with Crippen LogP contribution < -0.4 is 14.8 Å². The highest BCUT2D eigenvalue weighted by Gasteiger charge is 2.30. The third-order valence-electron chi connectivity index (χ3n) is 5.76. The fourth-order valence-electron chi connectivity index (χ4n) is 3.80.